The lowest BCUT2D eigenvalue weighted by Gasteiger charge is -2.26. The van der Waals surface area contributed by atoms with Gasteiger partial charge in [-0.15, -0.1) is 12.4 Å². The number of halogens is 3. The van der Waals surface area contributed by atoms with Gasteiger partial charge >= 0.3 is 0 Å². The van der Waals surface area contributed by atoms with Crippen molar-refractivity contribution < 1.29 is 12.8 Å². The van der Waals surface area contributed by atoms with Crippen LogP contribution in [0.2, 0.25) is 5.02 Å². The Morgan fingerprint density at radius 1 is 1.28 bits per heavy atom. The molecule has 3 rings (SSSR count). The highest BCUT2D eigenvalue weighted by Gasteiger charge is 2.27. The maximum absolute atomic E-state index is 13.5. The predicted octanol–water partition coefficient (Wildman–Crippen LogP) is 4.15. The Bertz CT molecular complexity index is 904. The number of hydrogen-bond donors (Lipinski definition) is 2. The molecule has 0 radical (unpaired) electrons. The van der Waals surface area contributed by atoms with Crippen LogP contribution in [0.5, 0.6) is 0 Å². The van der Waals surface area contributed by atoms with Gasteiger partial charge in [0.05, 0.1) is 5.02 Å². The molecule has 0 aromatic heterocycles. The van der Waals surface area contributed by atoms with Crippen LogP contribution in [0.3, 0.4) is 0 Å². The molecule has 0 spiro atoms. The lowest BCUT2D eigenvalue weighted by atomic mass is 9.88. The van der Waals surface area contributed by atoms with Crippen molar-refractivity contribution in [2.75, 3.05) is 5.73 Å². The van der Waals surface area contributed by atoms with Crippen LogP contribution in [-0.2, 0) is 16.4 Å². The highest BCUT2D eigenvalue weighted by molar-refractivity contribution is 7.89. The molecule has 0 aliphatic heterocycles. The van der Waals surface area contributed by atoms with Crippen molar-refractivity contribution >= 4 is 39.7 Å². The molecule has 3 N–H and O–H groups in total. The summed E-state index contributed by atoms with van der Waals surface area (Å²) in [7, 11) is -3.86. The topological polar surface area (TPSA) is 72.2 Å². The van der Waals surface area contributed by atoms with Gasteiger partial charge in [-0.25, -0.2) is 17.5 Å². The fourth-order valence-electron chi connectivity index (χ4n) is 3.04. The molecule has 136 valence electrons. The minimum Gasteiger partial charge on any atom is -0.399 e. The lowest BCUT2D eigenvalue weighted by molar-refractivity contribution is 0.507. The van der Waals surface area contributed by atoms with Crippen LogP contribution in [0.25, 0.3) is 0 Å². The van der Waals surface area contributed by atoms with E-state index in [1.165, 1.54) is 13.0 Å². The number of rotatable bonds is 3. The second-order valence-corrected chi connectivity index (χ2v) is 8.15. The molecule has 2 aromatic carbocycles. The quantitative estimate of drug-likeness (QED) is 0.754. The minimum absolute atomic E-state index is 0. The van der Waals surface area contributed by atoms with E-state index in [1.54, 1.807) is 6.07 Å². The smallest absolute Gasteiger partial charge is 0.242 e. The number of hydrogen-bond acceptors (Lipinski definition) is 3. The normalized spacial score (nSPS) is 16.8. The number of nitrogen functional groups attached to an aromatic ring is 1. The summed E-state index contributed by atoms with van der Waals surface area (Å²) >= 11 is 5.95. The Morgan fingerprint density at radius 2 is 2.00 bits per heavy atom. The Balaban J connectivity index is 0.00000225. The molecular formula is C17H19Cl2FN2O2S. The number of benzene rings is 2. The number of nitrogens with one attached hydrogen (secondary N) is 1. The molecule has 4 nitrogen and oxygen atoms in total. The van der Waals surface area contributed by atoms with Crippen LogP contribution < -0.4 is 10.5 Å². The van der Waals surface area contributed by atoms with Gasteiger partial charge in [-0.3, -0.25) is 0 Å². The Hall–Kier alpha value is -1.34. The number of aryl methyl sites for hydroxylation is 2. The maximum atomic E-state index is 13.5. The molecule has 8 heteroatoms. The first-order valence-corrected chi connectivity index (χ1v) is 9.50. The molecular weight excluding hydrogens is 386 g/mol. The third kappa shape index (κ3) is 4.08. The van der Waals surface area contributed by atoms with Crippen molar-refractivity contribution in [2.24, 2.45) is 0 Å². The maximum Gasteiger partial charge on any atom is 0.242 e. The standard InChI is InChI=1S/C17H18ClFN2O2S.ClH/c1-10-7-17(14(18)9-15(10)19)24(22,23)21-16-4-2-3-11-8-12(20)5-6-13(11)16;/h5-9,16,21H,2-4,20H2,1H3;1H. The van der Waals surface area contributed by atoms with Crippen molar-refractivity contribution in [1.29, 1.82) is 0 Å². The Kier molecular flexibility index (Phi) is 5.99. The molecule has 0 heterocycles. The van der Waals surface area contributed by atoms with Crippen molar-refractivity contribution in [2.45, 2.75) is 37.1 Å². The first-order valence-electron chi connectivity index (χ1n) is 7.64. The van der Waals surface area contributed by atoms with E-state index in [0.29, 0.717) is 12.1 Å². The zero-order chi connectivity index (χ0) is 17.5. The first-order chi connectivity index (χ1) is 11.3. The highest BCUT2D eigenvalue weighted by Crippen LogP contribution is 2.33. The molecule has 0 amide bonds. The zero-order valence-electron chi connectivity index (χ0n) is 13.6. The summed E-state index contributed by atoms with van der Waals surface area (Å²) in [5, 5.41) is -0.126. The van der Waals surface area contributed by atoms with Gasteiger partial charge in [0.1, 0.15) is 10.7 Å². The van der Waals surface area contributed by atoms with Crippen molar-refractivity contribution in [3.63, 3.8) is 0 Å². The van der Waals surface area contributed by atoms with E-state index in [2.05, 4.69) is 4.72 Å². The van der Waals surface area contributed by atoms with Crippen molar-refractivity contribution in [1.82, 2.24) is 4.72 Å². The van der Waals surface area contributed by atoms with E-state index < -0.39 is 15.8 Å². The highest BCUT2D eigenvalue weighted by atomic mass is 35.5. The molecule has 1 unspecified atom stereocenters. The van der Waals surface area contributed by atoms with Gasteiger partial charge in [0.2, 0.25) is 10.0 Å². The molecule has 1 aliphatic carbocycles. The van der Waals surface area contributed by atoms with Crippen LogP contribution in [0.4, 0.5) is 10.1 Å². The van der Waals surface area contributed by atoms with Crippen molar-refractivity contribution in [3.8, 4) is 0 Å². The van der Waals surface area contributed by atoms with Crippen LogP contribution in [0.15, 0.2) is 35.2 Å². The molecule has 0 saturated carbocycles. The first kappa shape index (κ1) is 20.0. The van der Waals surface area contributed by atoms with Gasteiger partial charge in [-0.2, -0.15) is 0 Å². The summed E-state index contributed by atoms with van der Waals surface area (Å²) in [5.41, 5.74) is 8.68. The monoisotopic (exact) mass is 404 g/mol. The van der Waals surface area contributed by atoms with E-state index in [4.69, 9.17) is 17.3 Å². The second kappa shape index (κ2) is 7.50. The summed E-state index contributed by atoms with van der Waals surface area (Å²) in [4.78, 5) is -0.106. The van der Waals surface area contributed by atoms with Gasteiger partial charge in [-0.05, 0) is 67.1 Å². The largest absolute Gasteiger partial charge is 0.399 e. The molecule has 0 bridgehead atoms. The van der Waals surface area contributed by atoms with Crippen LogP contribution in [-0.4, -0.2) is 8.42 Å². The predicted molar refractivity (Wildman–Crippen MR) is 100 cm³/mol. The van der Waals surface area contributed by atoms with Gasteiger partial charge in [0, 0.05) is 11.7 Å². The third-order valence-electron chi connectivity index (χ3n) is 4.28. The number of anilines is 1. The number of fused-ring (bicyclic) bond motifs is 1. The molecule has 0 fully saturated rings. The lowest BCUT2D eigenvalue weighted by Crippen LogP contribution is -2.31. The van der Waals surface area contributed by atoms with E-state index in [-0.39, 0.29) is 33.9 Å². The van der Waals surface area contributed by atoms with E-state index in [1.807, 2.05) is 12.1 Å². The molecule has 25 heavy (non-hydrogen) atoms. The van der Waals surface area contributed by atoms with E-state index in [9.17, 15) is 12.8 Å². The fourth-order valence-corrected chi connectivity index (χ4v) is 4.89. The van der Waals surface area contributed by atoms with Crippen molar-refractivity contribution in [3.05, 3.63) is 57.9 Å². The van der Waals surface area contributed by atoms with Crippen LogP contribution in [0, 0.1) is 12.7 Å². The summed E-state index contributed by atoms with van der Waals surface area (Å²) in [5.74, 6) is -0.530. The zero-order valence-corrected chi connectivity index (χ0v) is 15.9. The number of sulfonamides is 1. The third-order valence-corrected chi connectivity index (χ3v) is 6.22. The van der Waals surface area contributed by atoms with Crippen LogP contribution in [0.1, 0.15) is 35.6 Å². The average molecular weight is 405 g/mol. The average Bonchev–Trinajstić information content (AvgIpc) is 2.50. The Labute approximate surface area is 158 Å². The van der Waals surface area contributed by atoms with Crippen LogP contribution >= 0.6 is 24.0 Å². The van der Waals surface area contributed by atoms with Gasteiger partial charge in [0.25, 0.3) is 0 Å². The molecule has 1 aliphatic rings. The van der Waals surface area contributed by atoms with E-state index in [0.717, 1.165) is 30.0 Å². The molecule has 1 atom stereocenters. The SMILES string of the molecule is Cc1cc(S(=O)(=O)NC2CCCc3cc(N)ccc32)c(Cl)cc1F.Cl. The number of nitrogens with two attached hydrogens (primary N) is 1. The van der Waals surface area contributed by atoms with Gasteiger partial charge < -0.3 is 5.73 Å². The molecule has 0 saturated heterocycles. The summed E-state index contributed by atoms with van der Waals surface area (Å²) in [6, 6.07) is 7.44. The summed E-state index contributed by atoms with van der Waals surface area (Å²) in [6.07, 6.45) is 2.42. The fraction of sp³-hybridized carbons (Fsp3) is 0.294. The molecule has 2 aromatic rings. The summed E-state index contributed by atoms with van der Waals surface area (Å²) in [6.45, 7) is 1.50. The second-order valence-electron chi connectivity index (χ2n) is 6.06. The van der Waals surface area contributed by atoms with Gasteiger partial charge in [-0.1, -0.05) is 17.7 Å². The van der Waals surface area contributed by atoms with Gasteiger partial charge in [0.15, 0.2) is 0 Å². The van der Waals surface area contributed by atoms with E-state index >= 15 is 0 Å². The minimum atomic E-state index is -3.86. The summed E-state index contributed by atoms with van der Waals surface area (Å²) < 4.78 is 41.7. The Morgan fingerprint density at radius 3 is 2.72 bits per heavy atom.